The normalized spacial score (nSPS) is 11.7. The summed E-state index contributed by atoms with van der Waals surface area (Å²) in [6.07, 6.45) is 6.16. The van der Waals surface area contributed by atoms with Gasteiger partial charge in [-0.3, -0.25) is 9.59 Å². The fraction of sp³-hybridized carbons (Fsp3) is 0.333. The maximum Gasteiger partial charge on any atom is 0.251 e. The van der Waals surface area contributed by atoms with E-state index in [0.29, 0.717) is 36.4 Å². The number of likely N-dealkylation sites (N-methyl/N-ethyl adjacent to an activating group) is 1. The van der Waals surface area contributed by atoms with E-state index in [-0.39, 0.29) is 11.8 Å². The van der Waals surface area contributed by atoms with Crippen LogP contribution in [-0.2, 0) is 24.1 Å². The van der Waals surface area contributed by atoms with Crippen molar-refractivity contribution in [2.24, 2.45) is 0 Å². The zero-order valence-electron chi connectivity index (χ0n) is 23.8. The molecule has 2 amide bonds. The van der Waals surface area contributed by atoms with Gasteiger partial charge in [-0.15, -0.1) is 0 Å². The zero-order chi connectivity index (χ0) is 28.5. The number of rotatable bonds is 13. The number of carbonyl (C=O) groups is 2. The van der Waals surface area contributed by atoms with Crippen LogP contribution in [0.3, 0.4) is 0 Å². The first-order chi connectivity index (χ1) is 19.4. The van der Waals surface area contributed by atoms with Crippen LogP contribution in [0.1, 0.15) is 46.8 Å². The minimum absolute atomic E-state index is 0.140. The molecule has 0 fully saturated rings. The second-order valence-electron chi connectivity index (χ2n) is 10.1. The summed E-state index contributed by atoms with van der Waals surface area (Å²) in [5, 5.41) is 4.07. The number of H-pyrrole nitrogens is 1. The highest BCUT2D eigenvalue weighted by Gasteiger charge is 2.26. The van der Waals surface area contributed by atoms with E-state index in [4.69, 9.17) is 9.47 Å². The Hall–Kier alpha value is -4.26. The zero-order valence-corrected chi connectivity index (χ0v) is 23.8. The van der Waals surface area contributed by atoms with Crippen molar-refractivity contribution in [2.75, 3.05) is 27.8 Å². The number of fused-ring (bicyclic) bond motifs is 1. The highest BCUT2D eigenvalue weighted by molar-refractivity contribution is 5.98. The molecule has 1 unspecified atom stereocenters. The Bertz CT molecular complexity index is 1430. The van der Waals surface area contributed by atoms with E-state index >= 15 is 0 Å². The maximum absolute atomic E-state index is 13.7. The second kappa shape index (κ2) is 13.7. The number of nitrogens with one attached hydrogen (secondary N) is 2. The van der Waals surface area contributed by atoms with Gasteiger partial charge in [-0.25, -0.2) is 0 Å². The fourth-order valence-electron chi connectivity index (χ4n) is 4.87. The number of aryl methyl sites for hydroxylation is 1. The van der Waals surface area contributed by atoms with Crippen LogP contribution in [0.2, 0.25) is 0 Å². The first-order valence-corrected chi connectivity index (χ1v) is 13.8. The second-order valence-corrected chi connectivity index (χ2v) is 10.1. The van der Waals surface area contributed by atoms with Crippen LogP contribution in [0.15, 0.2) is 72.9 Å². The van der Waals surface area contributed by atoms with Crippen molar-refractivity contribution in [3.63, 3.8) is 0 Å². The van der Waals surface area contributed by atoms with E-state index in [1.807, 2.05) is 72.9 Å². The molecule has 7 nitrogen and oxygen atoms in total. The Balaban J connectivity index is 1.50. The molecule has 0 radical (unpaired) electrons. The van der Waals surface area contributed by atoms with Gasteiger partial charge in [0.05, 0.1) is 14.2 Å². The number of aromatic nitrogens is 1. The highest BCUT2D eigenvalue weighted by Crippen LogP contribution is 2.28. The Morgan fingerprint density at radius 1 is 0.925 bits per heavy atom. The molecule has 1 aromatic heterocycles. The van der Waals surface area contributed by atoms with E-state index in [2.05, 4.69) is 17.2 Å². The summed E-state index contributed by atoms with van der Waals surface area (Å²) in [4.78, 5) is 32.0. The Morgan fingerprint density at radius 3 is 2.38 bits per heavy atom. The van der Waals surface area contributed by atoms with Gasteiger partial charge in [-0.05, 0) is 66.3 Å². The molecule has 0 spiro atoms. The van der Waals surface area contributed by atoms with Crippen molar-refractivity contribution < 1.29 is 19.1 Å². The molecule has 0 saturated carbocycles. The van der Waals surface area contributed by atoms with Crippen LogP contribution < -0.4 is 14.8 Å². The Kier molecular flexibility index (Phi) is 9.84. The van der Waals surface area contributed by atoms with Gasteiger partial charge >= 0.3 is 0 Å². The van der Waals surface area contributed by atoms with Gasteiger partial charge in [0.25, 0.3) is 5.91 Å². The lowest BCUT2D eigenvalue weighted by molar-refractivity contribution is -0.131. The molecule has 0 aliphatic heterocycles. The largest absolute Gasteiger partial charge is 0.493 e. The molecule has 1 heterocycles. The molecule has 4 aromatic rings. The van der Waals surface area contributed by atoms with E-state index in [1.54, 1.807) is 26.2 Å². The van der Waals surface area contributed by atoms with E-state index in [1.165, 1.54) is 5.56 Å². The van der Waals surface area contributed by atoms with Crippen molar-refractivity contribution >= 4 is 22.7 Å². The Morgan fingerprint density at radius 2 is 1.65 bits per heavy atom. The van der Waals surface area contributed by atoms with Gasteiger partial charge in [0.2, 0.25) is 5.91 Å². The number of hydrogen-bond acceptors (Lipinski definition) is 4. The third-order valence-corrected chi connectivity index (χ3v) is 7.30. The summed E-state index contributed by atoms with van der Waals surface area (Å²) in [6.45, 7) is 2.65. The number of aromatic amines is 1. The predicted molar refractivity (Wildman–Crippen MR) is 159 cm³/mol. The van der Waals surface area contributed by atoms with Crippen molar-refractivity contribution in [3.05, 3.63) is 95.2 Å². The summed E-state index contributed by atoms with van der Waals surface area (Å²) in [5.74, 6) is 0.918. The molecule has 7 heteroatoms. The maximum atomic E-state index is 13.7. The lowest BCUT2D eigenvalue weighted by Gasteiger charge is -2.25. The summed E-state index contributed by atoms with van der Waals surface area (Å²) in [5.41, 5.74) is 4.76. The number of para-hydroxylation sites is 1. The third-order valence-electron chi connectivity index (χ3n) is 7.30. The molecule has 1 atom stereocenters. The molecule has 4 rings (SSSR count). The predicted octanol–water partition coefficient (Wildman–Crippen LogP) is 5.57. The lowest BCUT2D eigenvalue weighted by Crippen LogP contribution is -2.49. The standard InChI is InChI=1S/C33H39N3O4/c1-5-6-9-23-12-15-25(16-13-23)32(37)35-29(21-26-22-34-28-11-8-7-10-27(26)28)33(38)36(2)19-18-24-14-17-30(39-3)31(20-24)40-4/h7-8,10-17,20,22,29,34H,5-6,9,18-19,21H2,1-4H3,(H,35,37). The van der Waals surface area contributed by atoms with E-state index in [0.717, 1.165) is 41.3 Å². The van der Waals surface area contributed by atoms with Crippen LogP contribution in [0, 0.1) is 0 Å². The van der Waals surface area contributed by atoms with Gasteiger partial charge in [0, 0.05) is 42.7 Å². The number of unbranched alkanes of at least 4 members (excludes halogenated alkanes) is 1. The number of hydrogen-bond donors (Lipinski definition) is 2. The number of nitrogens with zero attached hydrogens (tertiary/aromatic N) is 1. The van der Waals surface area contributed by atoms with Crippen LogP contribution >= 0.6 is 0 Å². The molecule has 210 valence electrons. The lowest BCUT2D eigenvalue weighted by atomic mass is 10.0. The number of ether oxygens (including phenoxy) is 2. The molecule has 0 bridgehead atoms. The molecular weight excluding hydrogens is 502 g/mol. The minimum Gasteiger partial charge on any atom is -0.493 e. The molecule has 0 aliphatic rings. The average molecular weight is 542 g/mol. The average Bonchev–Trinajstić information content (AvgIpc) is 3.40. The van der Waals surface area contributed by atoms with Crippen molar-refractivity contribution in [2.45, 2.75) is 45.1 Å². The number of benzene rings is 3. The van der Waals surface area contributed by atoms with Crippen LogP contribution in [0.4, 0.5) is 0 Å². The Labute approximate surface area is 236 Å². The topological polar surface area (TPSA) is 83.7 Å². The monoisotopic (exact) mass is 541 g/mol. The SMILES string of the molecule is CCCCc1ccc(C(=O)NC(Cc2c[nH]c3ccccc23)C(=O)N(C)CCc2ccc(OC)c(OC)c2)cc1. The third kappa shape index (κ3) is 7.03. The van der Waals surface area contributed by atoms with Gasteiger partial charge in [-0.2, -0.15) is 0 Å². The van der Waals surface area contributed by atoms with Gasteiger partial charge < -0.3 is 24.7 Å². The van der Waals surface area contributed by atoms with Crippen LogP contribution in [0.5, 0.6) is 11.5 Å². The molecule has 3 aromatic carbocycles. The molecule has 0 saturated heterocycles. The quantitative estimate of drug-likeness (QED) is 0.232. The number of methoxy groups -OCH3 is 2. The summed E-state index contributed by atoms with van der Waals surface area (Å²) >= 11 is 0. The summed E-state index contributed by atoms with van der Waals surface area (Å²) in [7, 11) is 4.99. The van der Waals surface area contributed by atoms with Crippen LogP contribution in [0.25, 0.3) is 10.9 Å². The molecule has 2 N–H and O–H groups in total. The van der Waals surface area contributed by atoms with E-state index < -0.39 is 6.04 Å². The number of carbonyl (C=O) groups excluding carboxylic acids is 2. The van der Waals surface area contributed by atoms with Gasteiger partial charge in [-0.1, -0.05) is 49.7 Å². The van der Waals surface area contributed by atoms with Crippen molar-refractivity contribution in [1.29, 1.82) is 0 Å². The van der Waals surface area contributed by atoms with E-state index in [9.17, 15) is 9.59 Å². The smallest absolute Gasteiger partial charge is 0.251 e. The molecular formula is C33H39N3O4. The van der Waals surface area contributed by atoms with Gasteiger partial charge in [0.15, 0.2) is 11.5 Å². The first kappa shape index (κ1) is 28.7. The minimum atomic E-state index is -0.720. The summed E-state index contributed by atoms with van der Waals surface area (Å²) < 4.78 is 10.8. The van der Waals surface area contributed by atoms with Crippen molar-refractivity contribution in [3.8, 4) is 11.5 Å². The molecule has 40 heavy (non-hydrogen) atoms. The number of amides is 2. The highest BCUT2D eigenvalue weighted by atomic mass is 16.5. The molecule has 0 aliphatic carbocycles. The van der Waals surface area contributed by atoms with Crippen molar-refractivity contribution in [1.82, 2.24) is 15.2 Å². The first-order valence-electron chi connectivity index (χ1n) is 13.8. The van der Waals surface area contributed by atoms with Gasteiger partial charge in [0.1, 0.15) is 6.04 Å². The van der Waals surface area contributed by atoms with Crippen LogP contribution in [-0.4, -0.2) is 55.6 Å². The fourth-order valence-corrected chi connectivity index (χ4v) is 4.87. The summed E-state index contributed by atoms with van der Waals surface area (Å²) in [6, 6.07) is 20.7.